The van der Waals surface area contributed by atoms with Crippen molar-refractivity contribution in [3.05, 3.63) is 0 Å². The maximum atomic E-state index is 11.3. The molecule has 5 nitrogen and oxygen atoms in total. The molecule has 1 aliphatic heterocycles. The fourth-order valence-corrected chi connectivity index (χ4v) is 2.77. The maximum Gasteiger partial charge on any atom is 0.225 e. The van der Waals surface area contributed by atoms with Gasteiger partial charge >= 0.3 is 0 Å². The third-order valence-electron chi connectivity index (χ3n) is 2.55. The number of hydrogen-bond acceptors (Lipinski definition) is 4. The first kappa shape index (κ1) is 12.4. The maximum absolute atomic E-state index is 11.3. The van der Waals surface area contributed by atoms with E-state index in [1.165, 1.54) is 0 Å². The van der Waals surface area contributed by atoms with E-state index in [4.69, 9.17) is 5.26 Å². The number of rotatable bonds is 4. The second-order valence-electron chi connectivity index (χ2n) is 3.77. The summed E-state index contributed by atoms with van der Waals surface area (Å²) in [6.45, 7) is 4.79. The second kappa shape index (κ2) is 5.45. The van der Waals surface area contributed by atoms with Gasteiger partial charge in [-0.05, 0) is 25.9 Å². The third-order valence-corrected chi connectivity index (χ3v) is 3.76. The van der Waals surface area contributed by atoms with Gasteiger partial charge in [-0.25, -0.2) is 13.1 Å². The van der Waals surface area contributed by atoms with Gasteiger partial charge in [-0.1, -0.05) is 6.92 Å². The van der Waals surface area contributed by atoms with Crippen molar-refractivity contribution in [2.75, 3.05) is 25.4 Å². The Labute approximate surface area is 91.1 Å². The Morgan fingerprint density at radius 2 is 2.33 bits per heavy atom. The summed E-state index contributed by atoms with van der Waals surface area (Å²) in [7, 11) is -3.40. The largest absolute Gasteiger partial charge is 0.302 e. The first-order chi connectivity index (χ1) is 7.07. The third kappa shape index (κ3) is 4.16. The molecule has 0 aromatic heterocycles. The van der Waals surface area contributed by atoms with E-state index in [9.17, 15) is 8.42 Å². The number of nitrogens with one attached hydrogen (secondary N) is 1. The minimum absolute atomic E-state index is 0.0305. The quantitative estimate of drug-likeness (QED) is 0.734. The van der Waals surface area contributed by atoms with E-state index in [1.807, 2.05) is 0 Å². The molecule has 1 aliphatic rings. The molecule has 1 unspecified atom stereocenters. The highest BCUT2D eigenvalue weighted by molar-refractivity contribution is 7.89. The van der Waals surface area contributed by atoms with Crippen LogP contribution in [0.3, 0.4) is 0 Å². The van der Waals surface area contributed by atoms with E-state index in [0.717, 1.165) is 32.5 Å². The highest BCUT2D eigenvalue weighted by Gasteiger charge is 2.22. The summed E-state index contributed by atoms with van der Waals surface area (Å²) in [6, 6.07) is 1.63. The zero-order chi connectivity index (χ0) is 11.3. The van der Waals surface area contributed by atoms with Crippen LogP contribution in [0.5, 0.6) is 0 Å². The lowest BCUT2D eigenvalue weighted by atomic mass is 10.1. The van der Waals surface area contributed by atoms with E-state index in [1.54, 1.807) is 6.07 Å². The SMILES string of the molecule is CCN1CCCC(NS(=O)(=O)CC#N)C1. The minimum atomic E-state index is -3.40. The Hall–Kier alpha value is -0.640. The lowest BCUT2D eigenvalue weighted by Gasteiger charge is -2.31. The minimum Gasteiger partial charge on any atom is -0.302 e. The van der Waals surface area contributed by atoms with E-state index in [2.05, 4.69) is 16.5 Å². The Morgan fingerprint density at radius 1 is 1.60 bits per heavy atom. The van der Waals surface area contributed by atoms with Gasteiger partial charge in [0, 0.05) is 12.6 Å². The van der Waals surface area contributed by atoms with Gasteiger partial charge in [0.15, 0.2) is 5.75 Å². The number of nitriles is 1. The van der Waals surface area contributed by atoms with Crippen LogP contribution in [0.4, 0.5) is 0 Å². The highest BCUT2D eigenvalue weighted by atomic mass is 32.2. The molecule has 6 heteroatoms. The van der Waals surface area contributed by atoms with Crippen molar-refractivity contribution in [1.82, 2.24) is 9.62 Å². The van der Waals surface area contributed by atoms with Crippen molar-refractivity contribution < 1.29 is 8.42 Å². The number of nitrogens with zero attached hydrogens (tertiary/aromatic N) is 2. The fraction of sp³-hybridized carbons (Fsp3) is 0.889. The molecular weight excluding hydrogens is 214 g/mol. The second-order valence-corrected chi connectivity index (χ2v) is 5.52. The van der Waals surface area contributed by atoms with Crippen LogP contribution in [0.25, 0.3) is 0 Å². The zero-order valence-electron chi connectivity index (χ0n) is 8.94. The normalized spacial score (nSPS) is 23.6. The van der Waals surface area contributed by atoms with Gasteiger partial charge in [0.25, 0.3) is 0 Å². The van der Waals surface area contributed by atoms with Crippen molar-refractivity contribution in [3.8, 4) is 6.07 Å². The lowest BCUT2D eigenvalue weighted by molar-refractivity contribution is 0.211. The molecule has 15 heavy (non-hydrogen) atoms. The van der Waals surface area contributed by atoms with E-state index in [0.29, 0.717) is 0 Å². The van der Waals surface area contributed by atoms with Crippen molar-refractivity contribution in [3.63, 3.8) is 0 Å². The van der Waals surface area contributed by atoms with Crippen LogP contribution in [0, 0.1) is 11.3 Å². The van der Waals surface area contributed by atoms with Crippen LogP contribution in [-0.2, 0) is 10.0 Å². The molecule has 1 fully saturated rings. The number of likely N-dealkylation sites (N-methyl/N-ethyl adjacent to an activating group) is 1. The Kier molecular flexibility index (Phi) is 4.51. The van der Waals surface area contributed by atoms with Crippen molar-refractivity contribution in [1.29, 1.82) is 5.26 Å². The monoisotopic (exact) mass is 231 g/mol. The molecule has 86 valence electrons. The van der Waals surface area contributed by atoms with Crippen LogP contribution in [0.15, 0.2) is 0 Å². The fourth-order valence-electron chi connectivity index (χ4n) is 1.82. The Bertz CT molecular complexity index is 334. The van der Waals surface area contributed by atoms with Gasteiger partial charge in [-0.2, -0.15) is 5.26 Å². The summed E-state index contributed by atoms with van der Waals surface area (Å²) >= 11 is 0. The average Bonchev–Trinajstić information content (AvgIpc) is 2.17. The van der Waals surface area contributed by atoms with Crippen LogP contribution in [0.1, 0.15) is 19.8 Å². The van der Waals surface area contributed by atoms with Crippen molar-refractivity contribution in [2.45, 2.75) is 25.8 Å². The van der Waals surface area contributed by atoms with Gasteiger partial charge < -0.3 is 4.90 Å². The van der Waals surface area contributed by atoms with Gasteiger partial charge in [-0.3, -0.25) is 0 Å². The Morgan fingerprint density at radius 3 is 2.93 bits per heavy atom. The predicted molar refractivity (Wildman–Crippen MR) is 57.7 cm³/mol. The molecular formula is C9H17N3O2S. The molecule has 0 aliphatic carbocycles. The molecule has 1 atom stereocenters. The molecule has 1 saturated heterocycles. The molecule has 0 aromatic rings. The van der Waals surface area contributed by atoms with Crippen LogP contribution in [0.2, 0.25) is 0 Å². The molecule has 0 amide bonds. The van der Waals surface area contributed by atoms with Crippen LogP contribution >= 0.6 is 0 Å². The topological polar surface area (TPSA) is 73.2 Å². The number of hydrogen-bond donors (Lipinski definition) is 1. The first-order valence-electron chi connectivity index (χ1n) is 5.16. The predicted octanol–water partition coefficient (Wildman–Crippen LogP) is -0.0863. The molecule has 0 radical (unpaired) electrons. The zero-order valence-corrected chi connectivity index (χ0v) is 9.76. The van der Waals surface area contributed by atoms with E-state index in [-0.39, 0.29) is 6.04 Å². The van der Waals surface area contributed by atoms with Gasteiger partial charge in [0.05, 0.1) is 6.07 Å². The molecule has 1 N–H and O–H groups in total. The molecule has 1 rings (SSSR count). The van der Waals surface area contributed by atoms with Crippen molar-refractivity contribution >= 4 is 10.0 Å². The summed E-state index contributed by atoms with van der Waals surface area (Å²) in [5, 5.41) is 8.35. The summed E-state index contributed by atoms with van der Waals surface area (Å²) in [5.41, 5.74) is 0. The molecule has 0 aromatic carbocycles. The van der Waals surface area contributed by atoms with Crippen LogP contribution < -0.4 is 4.72 Å². The van der Waals surface area contributed by atoms with Crippen molar-refractivity contribution in [2.24, 2.45) is 0 Å². The molecule has 0 bridgehead atoms. The summed E-state index contributed by atoms with van der Waals surface area (Å²) in [5.74, 6) is -0.449. The highest BCUT2D eigenvalue weighted by Crippen LogP contribution is 2.10. The average molecular weight is 231 g/mol. The number of likely N-dealkylation sites (tertiary alicyclic amines) is 1. The van der Waals surface area contributed by atoms with Gasteiger partial charge in [-0.15, -0.1) is 0 Å². The number of piperidine rings is 1. The molecule has 0 saturated carbocycles. The standard InChI is InChI=1S/C9H17N3O2S/c1-2-12-6-3-4-9(8-12)11-15(13,14)7-5-10/h9,11H,2-4,6-8H2,1H3. The van der Waals surface area contributed by atoms with Crippen LogP contribution in [-0.4, -0.2) is 44.7 Å². The smallest absolute Gasteiger partial charge is 0.225 e. The number of sulfonamides is 1. The van der Waals surface area contributed by atoms with E-state index < -0.39 is 15.8 Å². The first-order valence-corrected chi connectivity index (χ1v) is 6.82. The van der Waals surface area contributed by atoms with Gasteiger partial charge in [0.1, 0.15) is 0 Å². The van der Waals surface area contributed by atoms with E-state index >= 15 is 0 Å². The summed E-state index contributed by atoms with van der Waals surface area (Å²) < 4.78 is 25.3. The Balaban J connectivity index is 2.48. The summed E-state index contributed by atoms with van der Waals surface area (Å²) in [4.78, 5) is 2.21. The lowest BCUT2D eigenvalue weighted by Crippen LogP contribution is -2.47. The summed E-state index contributed by atoms with van der Waals surface area (Å²) in [6.07, 6.45) is 1.87. The van der Waals surface area contributed by atoms with Gasteiger partial charge in [0.2, 0.25) is 10.0 Å². The molecule has 1 heterocycles. The molecule has 0 spiro atoms.